The second-order valence-corrected chi connectivity index (χ2v) is 11.1. The van der Waals surface area contributed by atoms with Crippen molar-refractivity contribution in [1.29, 1.82) is 0 Å². The van der Waals surface area contributed by atoms with Gasteiger partial charge in [0.05, 0.1) is 0 Å². The molecule has 1 aromatic rings. The number of ether oxygens (including phenoxy) is 2. The Morgan fingerprint density at radius 1 is 1.03 bits per heavy atom. The van der Waals surface area contributed by atoms with Gasteiger partial charge in [-0.2, -0.15) is 0 Å². The van der Waals surface area contributed by atoms with Gasteiger partial charge in [-0.25, -0.2) is 9.68 Å². The van der Waals surface area contributed by atoms with Crippen LogP contribution in [0.15, 0.2) is 12.2 Å². The molecular formula is C31H50O5. The molecular weight excluding hydrogens is 452 g/mol. The van der Waals surface area contributed by atoms with E-state index in [9.17, 15) is 4.79 Å². The van der Waals surface area contributed by atoms with Gasteiger partial charge >= 0.3 is 5.97 Å². The molecule has 1 N–H and O–H groups in total. The highest BCUT2D eigenvalue weighted by Gasteiger charge is 2.34. The van der Waals surface area contributed by atoms with E-state index >= 15 is 0 Å². The van der Waals surface area contributed by atoms with Crippen LogP contribution in [-0.2, 0) is 16.1 Å². The van der Waals surface area contributed by atoms with Crippen LogP contribution < -0.4 is 9.47 Å². The molecule has 2 unspecified atom stereocenters. The maximum Gasteiger partial charge on any atom is 0.335 e. The number of carbonyl (C=O) groups excluding carboxylic acids is 1. The van der Waals surface area contributed by atoms with Gasteiger partial charge in [0.15, 0.2) is 0 Å². The highest BCUT2D eigenvalue weighted by atomic mass is 17.1. The number of carbonyl (C=O) groups is 1. The van der Waals surface area contributed by atoms with Crippen molar-refractivity contribution in [2.75, 3.05) is 6.61 Å². The predicted octanol–water partition coefficient (Wildman–Crippen LogP) is 8.59. The van der Waals surface area contributed by atoms with E-state index in [0.717, 1.165) is 53.2 Å². The van der Waals surface area contributed by atoms with Crippen molar-refractivity contribution in [1.82, 2.24) is 0 Å². The second-order valence-electron chi connectivity index (χ2n) is 11.1. The number of unbranched alkanes of at least 4 members (excludes halogenated alkanes) is 6. The standard InChI is InChI=1S/C31H50O5/c1-7-8-9-10-11-12-13-16-23(2)17-14-20-31(6)21-19-27-26(5)29(24(3)25(4)30(27)36-31)35-28(32)18-15-22-34-33/h15,18,23,33H,7-14,16-17,19-22H2,1-6H3/b18-15+. The molecule has 1 aliphatic heterocycles. The largest absolute Gasteiger partial charge is 0.487 e. The van der Waals surface area contributed by atoms with E-state index in [1.54, 1.807) is 0 Å². The zero-order valence-electron chi connectivity index (χ0n) is 23.7. The molecule has 0 spiro atoms. The van der Waals surface area contributed by atoms with Crippen LogP contribution in [0.2, 0.25) is 0 Å². The Balaban J connectivity index is 1.89. The summed E-state index contributed by atoms with van der Waals surface area (Å²) in [5, 5.41) is 8.41. The molecule has 0 aliphatic carbocycles. The van der Waals surface area contributed by atoms with Crippen LogP contribution in [-0.4, -0.2) is 23.4 Å². The van der Waals surface area contributed by atoms with E-state index in [-0.39, 0.29) is 12.2 Å². The van der Waals surface area contributed by atoms with Crippen LogP contribution >= 0.6 is 0 Å². The van der Waals surface area contributed by atoms with Crippen LogP contribution in [0.4, 0.5) is 0 Å². The average molecular weight is 503 g/mol. The van der Waals surface area contributed by atoms with Crippen molar-refractivity contribution < 1.29 is 24.4 Å². The summed E-state index contributed by atoms with van der Waals surface area (Å²) in [6.07, 6.45) is 19.1. The molecule has 1 aromatic carbocycles. The lowest BCUT2D eigenvalue weighted by atomic mass is 9.84. The fourth-order valence-electron chi connectivity index (χ4n) is 5.35. The van der Waals surface area contributed by atoms with Crippen molar-refractivity contribution in [3.05, 3.63) is 34.4 Å². The van der Waals surface area contributed by atoms with Gasteiger partial charge in [0.25, 0.3) is 0 Å². The lowest BCUT2D eigenvalue weighted by Crippen LogP contribution is -2.37. The van der Waals surface area contributed by atoms with Gasteiger partial charge in [-0.15, -0.1) is 0 Å². The Bertz CT molecular complexity index is 859. The first kappa shape index (κ1) is 30.4. The first-order valence-electron chi connectivity index (χ1n) is 14.2. The minimum atomic E-state index is -0.482. The molecule has 0 bridgehead atoms. The van der Waals surface area contributed by atoms with E-state index in [4.69, 9.17) is 14.7 Å². The van der Waals surface area contributed by atoms with Gasteiger partial charge in [0.2, 0.25) is 0 Å². The van der Waals surface area contributed by atoms with Gasteiger partial charge in [-0.05, 0) is 82.1 Å². The van der Waals surface area contributed by atoms with Crippen molar-refractivity contribution in [3.63, 3.8) is 0 Å². The molecule has 36 heavy (non-hydrogen) atoms. The van der Waals surface area contributed by atoms with Crippen molar-refractivity contribution in [2.24, 2.45) is 5.92 Å². The van der Waals surface area contributed by atoms with E-state index in [1.165, 1.54) is 76.4 Å². The SMILES string of the molecule is CCCCCCCCCC(C)CCCC1(C)CCc2c(C)c(OC(=O)/C=C/COO)c(C)c(C)c2O1. The van der Waals surface area contributed by atoms with Crippen LogP contribution in [0.25, 0.3) is 0 Å². The molecule has 0 saturated carbocycles. The van der Waals surface area contributed by atoms with Gasteiger partial charge in [-0.1, -0.05) is 71.6 Å². The predicted molar refractivity (Wildman–Crippen MR) is 147 cm³/mol. The summed E-state index contributed by atoms with van der Waals surface area (Å²) in [4.78, 5) is 16.2. The smallest absolute Gasteiger partial charge is 0.335 e. The quantitative estimate of drug-likeness (QED) is 0.0612. The van der Waals surface area contributed by atoms with E-state index in [0.29, 0.717) is 5.75 Å². The Morgan fingerprint density at radius 2 is 1.69 bits per heavy atom. The molecule has 1 heterocycles. The summed E-state index contributed by atoms with van der Waals surface area (Å²) in [6.45, 7) is 12.9. The molecule has 204 valence electrons. The lowest BCUT2D eigenvalue weighted by Gasteiger charge is -2.38. The van der Waals surface area contributed by atoms with Crippen LogP contribution in [0.5, 0.6) is 11.5 Å². The fraction of sp³-hybridized carbons (Fsp3) is 0.710. The fourth-order valence-corrected chi connectivity index (χ4v) is 5.35. The zero-order valence-corrected chi connectivity index (χ0v) is 23.7. The van der Waals surface area contributed by atoms with Crippen molar-refractivity contribution in [3.8, 4) is 11.5 Å². The molecule has 0 fully saturated rings. The molecule has 0 saturated heterocycles. The second kappa shape index (κ2) is 15.4. The number of rotatable bonds is 16. The van der Waals surface area contributed by atoms with Crippen LogP contribution in [0.1, 0.15) is 120 Å². The number of benzene rings is 1. The number of esters is 1. The molecule has 2 atom stereocenters. The number of hydrogen-bond donors (Lipinski definition) is 1. The maximum absolute atomic E-state index is 12.2. The number of hydrogen-bond acceptors (Lipinski definition) is 5. The lowest BCUT2D eigenvalue weighted by molar-refractivity contribution is -0.231. The molecule has 0 aromatic heterocycles. The molecule has 5 nitrogen and oxygen atoms in total. The monoisotopic (exact) mass is 502 g/mol. The molecule has 2 rings (SSSR count). The van der Waals surface area contributed by atoms with E-state index < -0.39 is 5.97 Å². The first-order valence-corrected chi connectivity index (χ1v) is 14.2. The summed E-state index contributed by atoms with van der Waals surface area (Å²) in [6, 6.07) is 0. The molecule has 1 aliphatic rings. The van der Waals surface area contributed by atoms with E-state index in [2.05, 4.69) is 32.6 Å². The van der Waals surface area contributed by atoms with Crippen molar-refractivity contribution >= 4 is 5.97 Å². The van der Waals surface area contributed by atoms with E-state index in [1.807, 2.05) is 13.8 Å². The minimum Gasteiger partial charge on any atom is -0.487 e. The Hall–Kier alpha value is -1.85. The summed E-state index contributed by atoms with van der Waals surface area (Å²) in [5.74, 6) is 1.88. The minimum absolute atomic E-state index is 0.0550. The summed E-state index contributed by atoms with van der Waals surface area (Å²) in [7, 11) is 0. The van der Waals surface area contributed by atoms with Gasteiger partial charge in [-0.3, -0.25) is 5.26 Å². The Kier molecular flexibility index (Phi) is 13.0. The molecule has 5 heteroatoms. The topological polar surface area (TPSA) is 65.0 Å². The molecule has 0 radical (unpaired) electrons. The van der Waals surface area contributed by atoms with Crippen LogP contribution in [0.3, 0.4) is 0 Å². The Labute approximate surface area is 219 Å². The Morgan fingerprint density at radius 3 is 2.39 bits per heavy atom. The van der Waals surface area contributed by atoms with Gasteiger partial charge in [0, 0.05) is 11.6 Å². The van der Waals surface area contributed by atoms with Gasteiger partial charge < -0.3 is 9.47 Å². The van der Waals surface area contributed by atoms with Crippen LogP contribution in [0, 0.1) is 26.7 Å². The summed E-state index contributed by atoms with van der Waals surface area (Å²) < 4.78 is 12.3. The normalized spacial score (nSPS) is 18.2. The third-order valence-corrected chi connectivity index (χ3v) is 7.89. The van der Waals surface area contributed by atoms with Crippen molar-refractivity contribution in [2.45, 2.75) is 131 Å². The summed E-state index contributed by atoms with van der Waals surface area (Å²) in [5.41, 5.74) is 3.94. The third kappa shape index (κ3) is 9.23. The molecule has 0 amide bonds. The zero-order chi connectivity index (χ0) is 26.6. The highest BCUT2D eigenvalue weighted by molar-refractivity contribution is 5.85. The third-order valence-electron chi connectivity index (χ3n) is 7.89. The average Bonchev–Trinajstić information content (AvgIpc) is 2.85. The van der Waals surface area contributed by atoms with Gasteiger partial charge in [0.1, 0.15) is 23.7 Å². The summed E-state index contributed by atoms with van der Waals surface area (Å²) >= 11 is 0. The first-order chi connectivity index (χ1) is 17.2. The number of fused-ring (bicyclic) bond motifs is 1. The highest BCUT2D eigenvalue weighted by Crippen LogP contribution is 2.45. The maximum atomic E-state index is 12.2.